The van der Waals surface area contributed by atoms with E-state index in [1.165, 1.54) is 12.8 Å². The van der Waals surface area contributed by atoms with Crippen molar-refractivity contribution in [2.75, 3.05) is 19.6 Å². The van der Waals surface area contributed by atoms with Gasteiger partial charge in [0.25, 0.3) is 5.91 Å². The third-order valence-corrected chi connectivity index (χ3v) is 5.49. The fourth-order valence-corrected chi connectivity index (χ4v) is 3.88. The summed E-state index contributed by atoms with van der Waals surface area (Å²) < 4.78 is 0. The van der Waals surface area contributed by atoms with Crippen LogP contribution in [0.3, 0.4) is 0 Å². The van der Waals surface area contributed by atoms with Gasteiger partial charge in [0.15, 0.2) is 0 Å². The minimum Gasteiger partial charge on any atom is -0.357 e. The number of carbonyl (C=O) groups excluding carboxylic acids is 1. The number of aromatic amines is 1. The third-order valence-electron chi connectivity index (χ3n) is 4.71. The van der Waals surface area contributed by atoms with Gasteiger partial charge >= 0.3 is 0 Å². The van der Waals surface area contributed by atoms with Crippen molar-refractivity contribution in [2.45, 2.75) is 39.7 Å². The highest BCUT2D eigenvalue weighted by molar-refractivity contribution is 7.09. The van der Waals surface area contributed by atoms with Crippen LogP contribution in [0.2, 0.25) is 0 Å². The highest BCUT2D eigenvalue weighted by Crippen LogP contribution is 2.22. The Morgan fingerprint density at radius 3 is 3.12 bits per heavy atom. The lowest BCUT2D eigenvalue weighted by atomic mass is 9.99. The van der Waals surface area contributed by atoms with E-state index in [9.17, 15) is 4.79 Å². The molecule has 3 heterocycles. The largest absolute Gasteiger partial charge is 0.357 e. The fraction of sp³-hybridized carbons (Fsp3) is 0.556. The van der Waals surface area contributed by atoms with Gasteiger partial charge in [-0.05, 0) is 45.2 Å². The average molecular weight is 346 g/mol. The number of likely N-dealkylation sites (tertiary alicyclic amines) is 1. The molecule has 1 amide bonds. The van der Waals surface area contributed by atoms with Gasteiger partial charge in [0.05, 0.1) is 10.7 Å². The molecule has 1 fully saturated rings. The summed E-state index contributed by atoms with van der Waals surface area (Å²) in [5.41, 5.74) is 2.47. The standard InChI is InChI=1S/C18H26N4OS/c1-12-5-4-6-22(10-12)13(2)8-20-18(23)16-7-15(9-19-16)17-11-24-14(3)21-17/h7,9,11-13,19H,4-6,8,10H2,1-3H3,(H,20,23)/t12-,13-/m0/s1. The molecular weight excluding hydrogens is 320 g/mol. The minimum absolute atomic E-state index is 0.0508. The second kappa shape index (κ2) is 7.49. The van der Waals surface area contributed by atoms with Crippen molar-refractivity contribution < 1.29 is 4.79 Å². The molecule has 0 spiro atoms. The lowest BCUT2D eigenvalue weighted by molar-refractivity contribution is 0.0913. The van der Waals surface area contributed by atoms with Crippen molar-refractivity contribution in [1.29, 1.82) is 0 Å². The number of rotatable bonds is 5. The van der Waals surface area contributed by atoms with Crippen LogP contribution >= 0.6 is 11.3 Å². The number of hydrogen-bond acceptors (Lipinski definition) is 4. The monoisotopic (exact) mass is 346 g/mol. The first-order valence-corrected chi connectivity index (χ1v) is 9.54. The number of nitrogens with zero attached hydrogens (tertiary/aromatic N) is 2. The Balaban J connectivity index is 1.54. The van der Waals surface area contributed by atoms with Crippen molar-refractivity contribution in [1.82, 2.24) is 20.2 Å². The van der Waals surface area contributed by atoms with Crippen molar-refractivity contribution in [2.24, 2.45) is 5.92 Å². The van der Waals surface area contributed by atoms with Crippen LogP contribution < -0.4 is 5.32 Å². The van der Waals surface area contributed by atoms with E-state index in [4.69, 9.17) is 0 Å². The van der Waals surface area contributed by atoms with E-state index < -0.39 is 0 Å². The molecule has 0 radical (unpaired) electrons. The molecule has 1 aliphatic rings. The zero-order valence-corrected chi connectivity index (χ0v) is 15.4. The second-order valence-electron chi connectivity index (χ2n) is 6.86. The quantitative estimate of drug-likeness (QED) is 0.873. The molecule has 24 heavy (non-hydrogen) atoms. The summed E-state index contributed by atoms with van der Waals surface area (Å²) in [5.74, 6) is 0.703. The number of carbonyl (C=O) groups is 1. The van der Waals surface area contributed by atoms with Crippen LogP contribution in [0.25, 0.3) is 11.3 Å². The number of H-pyrrole nitrogens is 1. The Hall–Kier alpha value is -1.66. The first-order valence-electron chi connectivity index (χ1n) is 8.66. The topological polar surface area (TPSA) is 61.0 Å². The van der Waals surface area contributed by atoms with Crippen molar-refractivity contribution in [3.8, 4) is 11.3 Å². The predicted octanol–water partition coefficient (Wildman–Crippen LogP) is 3.30. The smallest absolute Gasteiger partial charge is 0.267 e. The summed E-state index contributed by atoms with van der Waals surface area (Å²) in [6, 6.07) is 2.24. The molecule has 6 heteroatoms. The highest BCUT2D eigenvalue weighted by Gasteiger charge is 2.21. The number of piperidine rings is 1. The van der Waals surface area contributed by atoms with Crippen LogP contribution in [0.1, 0.15) is 42.2 Å². The molecule has 0 unspecified atom stereocenters. The normalized spacial score (nSPS) is 20.0. The SMILES string of the molecule is Cc1nc(-c2c[nH]c(C(=O)NC[C@H](C)N3CCC[C@H](C)C3)c2)cs1. The highest BCUT2D eigenvalue weighted by atomic mass is 32.1. The average Bonchev–Trinajstić information content (AvgIpc) is 3.21. The Morgan fingerprint density at radius 1 is 1.58 bits per heavy atom. The first-order chi connectivity index (χ1) is 11.5. The van der Waals surface area contributed by atoms with Crippen molar-refractivity contribution in [3.63, 3.8) is 0 Å². The summed E-state index contributed by atoms with van der Waals surface area (Å²) in [6.07, 6.45) is 4.42. The summed E-state index contributed by atoms with van der Waals surface area (Å²) in [6.45, 7) is 9.42. The van der Waals surface area contributed by atoms with Crippen LogP contribution in [-0.2, 0) is 0 Å². The molecule has 0 aromatic carbocycles. The number of amides is 1. The molecule has 0 bridgehead atoms. The fourth-order valence-electron chi connectivity index (χ4n) is 3.26. The maximum atomic E-state index is 12.4. The predicted molar refractivity (Wildman–Crippen MR) is 98.4 cm³/mol. The van der Waals surface area contributed by atoms with Crippen LogP contribution in [0, 0.1) is 12.8 Å². The summed E-state index contributed by atoms with van der Waals surface area (Å²) in [4.78, 5) is 22.4. The molecule has 130 valence electrons. The molecule has 2 atom stereocenters. The molecule has 0 saturated carbocycles. The number of aromatic nitrogens is 2. The van der Waals surface area contributed by atoms with E-state index in [0.29, 0.717) is 18.3 Å². The molecule has 2 aromatic rings. The van der Waals surface area contributed by atoms with Gasteiger partial charge in [-0.2, -0.15) is 0 Å². The summed E-state index contributed by atoms with van der Waals surface area (Å²) in [5, 5.41) is 6.09. The zero-order valence-electron chi connectivity index (χ0n) is 14.6. The van der Waals surface area contributed by atoms with Crippen molar-refractivity contribution in [3.05, 3.63) is 28.3 Å². The zero-order chi connectivity index (χ0) is 17.1. The molecule has 1 saturated heterocycles. The van der Waals surface area contributed by atoms with E-state index in [0.717, 1.165) is 35.3 Å². The Kier molecular flexibility index (Phi) is 5.36. The van der Waals surface area contributed by atoms with Crippen LogP contribution in [-0.4, -0.2) is 46.5 Å². The molecule has 5 nitrogen and oxygen atoms in total. The number of nitrogens with one attached hydrogen (secondary N) is 2. The molecule has 1 aliphatic heterocycles. The maximum absolute atomic E-state index is 12.4. The molecule has 3 rings (SSSR count). The van der Waals surface area contributed by atoms with Gasteiger partial charge < -0.3 is 10.3 Å². The van der Waals surface area contributed by atoms with Gasteiger partial charge in [-0.15, -0.1) is 11.3 Å². The van der Waals surface area contributed by atoms with Crippen LogP contribution in [0.4, 0.5) is 0 Å². The lowest BCUT2D eigenvalue weighted by Crippen LogP contribution is -2.46. The Morgan fingerprint density at radius 2 is 2.42 bits per heavy atom. The lowest BCUT2D eigenvalue weighted by Gasteiger charge is -2.35. The summed E-state index contributed by atoms with van der Waals surface area (Å²) >= 11 is 1.62. The van der Waals surface area contributed by atoms with E-state index in [2.05, 4.69) is 34.0 Å². The van der Waals surface area contributed by atoms with Crippen LogP contribution in [0.15, 0.2) is 17.6 Å². The van der Waals surface area contributed by atoms with Gasteiger partial charge in [-0.3, -0.25) is 9.69 Å². The molecule has 2 N–H and O–H groups in total. The summed E-state index contributed by atoms with van der Waals surface area (Å²) in [7, 11) is 0. The molecular formula is C18H26N4OS. The minimum atomic E-state index is -0.0508. The number of thiazole rings is 1. The van der Waals surface area contributed by atoms with Gasteiger partial charge in [-0.25, -0.2) is 4.98 Å². The van der Waals surface area contributed by atoms with Gasteiger partial charge in [0.1, 0.15) is 5.69 Å². The molecule has 0 aliphatic carbocycles. The van der Waals surface area contributed by atoms with Crippen molar-refractivity contribution >= 4 is 17.2 Å². The first kappa shape index (κ1) is 17.2. The van der Waals surface area contributed by atoms with E-state index in [-0.39, 0.29) is 5.91 Å². The van der Waals surface area contributed by atoms with E-state index in [1.54, 1.807) is 11.3 Å². The van der Waals surface area contributed by atoms with Crippen LogP contribution in [0.5, 0.6) is 0 Å². The van der Waals surface area contributed by atoms with Gasteiger partial charge in [-0.1, -0.05) is 6.92 Å². The van der Waals surface area contributed by atoms with E-state index in [1.807, 2.05) is 24.6 Å². The van der Waals surface area contributed by atoms with E-state index >= 15 is 0 Å². The Labute approximate surface area is 147 Å². The second-order valence-corrected chi connectivity index (χ2v) is 7.92. The number of aryl methyl sites for hydroxylation is 1. The third kappa shape index (κ3) is 4.05. The number of hydrogen-bond donors (Lipinski definition) is 2. The van der Waals surface area contributed by atoms with Gasteiger partial charge in [0, 0.05) is 36.3 Å². The Bertz CT molecular complexity index is 693. The maximum Gasteiger partial charge on any atom is 0.267 e. The molecule has 2 aromatic heterocycles. The van der Waals surface area contributed by atoms with Gasteiger partial charge in [0.2, 0.25) is 0 Å².